The quantitative estimate of drug-likeness (QED) is 0.691. The average molecular weight is 343 g/mol. The molecule has 24 heavy (non-hydrogen) atoms. The van der Waals surface area contributed by atoms with Crippen LogP contribution in [0.2, 0.25) is 0 Å². The summed E-state index contributed by atoms with van der Waals surface area (Å²) in [7, 11) is 0. The monoisotopic (exact) mass is 343 g/mol. The molecule has 2 aromatic heterocycles. The van der Waals surface area contributed by atoms with Gasteiger partial charge in [-0.3, -0.25) is 13.9 Å². The predicted octanol–water partition coefficient (Wildman–Crippen LogP) is 2.93. The highest BCUT2D eigenvalue weighted by molar-refractivity contribution is 7.09. The molecule has 0 unspecified atom stereocenters. The van der Waals surface area contributed by atoms with Gasteiger partial charge in [-0.2, -0.15) is 0 Å². The lowest BCUT2D eigenvalue weighted by Gasteiger charge is -2.20. The van der Waals surface area contributed by atoms with Crippen LogP contribution in [0.25, 0.3) is 11.0 Å². The molecule has 0 aliphatic carbocycles. The third kappa shape index (κ3) is 3.01. The van der Waals surface area contributed by atoms with Gasteiger partial charge in [-0.1, -0.05) is 18.2 Å². The number of benzene rings is 1. The minimum Gasteiger partial charge on any atom is -0.336 e. The number of carbonyl (C=O) groups excluding carboxylic acids is 1. The molecular weight excluding hydrogens is 322 g/mol. The number of fused-ring (bicyclic) bond motifs is 1. The highest BCUT2D eigenvalue weighted by Crippen LogP contribution is 2.15. The number of para-hydroxylation sites is 2. The first kappa shape index (κ1) is 16.5. The number of imidazole rings is 1. The van der Waals surface area contributed by atoms with Gasteiger partial charge >= 0.3 is 5.69 Å². The summed E-state index contributed by atoms with van der Waals surface area (Å²) in [6, 6.07) is 11.6. The first-order valence-corrected chi connectivity index (χ1v) is 9.01. The normalized spacial score (nSPS) is 11.1. The number of aromatic nitrogens is 2. The molecule has 0 aliphatic heterocycles. The fourth-order valence-electron chi connectivity index (χ4n) is 2.93. The maximum Gasteiger partial charge on any atom is 0.329 e. The molecule has 0 saturated carbocycles. The van der Waals surface area contributed by atoms with Crippen LogP contribution in [0.4, 0.5) is 0 Å². The Balaban J connectivity index is 1.90. The molecule has 0 spiro atoms. The Bertz CT molecular complexity index is 893. The lowest BCUT2D eigenvalue weighted by Crippen LogP contribution is -2.36. The van der Waals surface area contributed by atoms with E-state index >= 15 is 0 Å². The van der Waals surface area contributed by atoms with Crippen LogP contribution >= 0.6 is 11.3 Å². The van der Waals surface area contributed by atoms with E-state index in [-0.39, 0.29) is 18.1 Å². The van der Waals surface area contributed by atoms with Crippen molar-refractivity contribution < 1.29 is 4.79 Å². The molecule has 1 aromatic carbocycles. The molecule has 0 radical (unpaired) electrons. The van der Waals surface area contributed by atoms with E-state index in [0.717, 1.165) is 15.9 Å². The van der Waals surface area contributed by atoms with Gasteiger partial charge in [0.05, 0.1) is 17.6 Å². The standard InChI is InChI=1S/C18H21N3O2S/c1-3-19(12-14-8-7-11-24-14)17(22)13-21-16-10-6-5-9-15(16)20(4-2)18(21)23/h5-11H,3-4,12-13H2,1-2H3. The van der Waals surface area contributed by atoms with E-state index in [9.17, 15) is 9.59 Å². The largest absolute Gasteiger partial charge is 0.336 e. The number of hydrogen-bond donors (Lipinski definition) is 0. The second-order valence-corrected chi connectivity index (χ2v) is 6.62. The maximum atomic E-state index is 12.7. The average Bonchev–Trinajstić information content (AvgIpc) is 3.19. The van der Waals surface area contributed by atoms with Crippen molar-refractivity contribution in [3.8, 4) is 0 Å². The lowest BCUT2D eigenvalue weighted by molar-refractivity contribution is -0.132. The smallest absolute Gasteiger partial charge is 0.329 e. The molecule has 3 aromatic rings. The van der Waals surface area contributed by atoms with Crippen LogP contribution in [0, 0.1) is 0 Å². The molecule has 0 atom stereocenters. The van der Waals surface area contributed by atoms with Crippen LogP contribution in [0.3, 0.4) is 0 Å². The summed E-state index contributed by atoms with van der Waals surface area (Å²) in [5.41, 5.74) is 1.56. The highest BCUT2D eigenvalue weighted by atomic mass is 32.1. The minimum atomic E-state index is -0.126. The van der Waals surface area contributed by atoms with Crippen LogP contribution in [0.5, 0.6) is 0 Å². The zero-order valence-electron chi connectivity index (χ0n) is 13.9. The summed E-state index contributed by atoms with van der Waals surface area (Å²) >= 11 is 1.64. The SMILES string of the molecule is CCN(Cc1cccs1)C(=O)Cn1c(=O)n(CC)c2ccccc21. The van der Waals surface area contributed by atoms with E-state index in [2.05, 4.69) is 0 Å². The summed E-state index contributed by atoms with van der Waals surface area (Å²) in [5, 5.41) is 2.01. The van der Waals surface area contributed by atoms with Crippen molar-refractivity contribution in [2.24, 2.45) is 0 Å². The van der Waals surface area contributed by atoms with Gasteiger partial charge in [0.1, 0.15) is 6.54 Å². The predicted molar refractivity (Wildman–Crippen MR) is 97.3 cm³/mol. The zero-order chi connectivity index (χ0) is 17.1. The van der Waals surface area contributed by atoms with E-state index in [0.29, 0.717) is 19.6 Å². The third-order valence-corrected chi connectivity index (χ3v) is 5.06. The molecule has 0 fully saturated rings. The molecule has 5 nitrogen and oxygen atoms in total. The molecular formula is C18H21N3O2S. The third-order valence-electron chi connectivity index (χ3n) is 4.20. The number of rotatable bonds is 6. The summed E-state index contributed by atoms with van der Waals surface area (Å²) in [6.45, 7) is 5.78. The van der Waals surface area contributed by atoms with Crippen molar-refractivity contribution in [1.82, 2.24) is 14.0 Å². The van der Waals surface area contributed by atoms with Gasteiger partial charge in [0.25, 0.3) is 0 Å². The topological polar surface area (TPSA) is 47.2 Å². The van der Waals surface area contributed by atoms with E-state index in [4.69, 9.17) is 0 Å². The molecule has 2 heterocycles. The summed E-state index contributed by atoms with van der Waals surface area (Å²) in [6.07, 6.45) is 0. The lowest BCUT2D eigenvalue weighted by atomic mass is 10.3. The summed E-state index contributed by atoms with van der Waals surface area (Å²) in [5.74, 6) is -0.0352. The Kier molecular flexibility index (Phi) is 4.85. The zero-order valence-corrected chi connectivity index (χ0v) is 14.8. The van der Waals surface area contributed by atoms with Gasteiger partial charge in [0.2, 0.25) is 5.91 Å². The summed E-state index contributed by atoms with van der Waals surface area (Å²) < 4.78 is 3.29. The van der Waals surface area contributed by atoms with Gasteiger partial charge in [0, 0.05) is 18.0 Å². The molecule has 0 N–H and O–H groups in total. The maximum absolute atomic E-state index is 12.7. The second-order valence-electron chi connectivity index (χ2n) is 5.59. The molecule has 0 saturated heterocycles. The van der Waals surface area contributed by atoms with Crippen LogP contribution in [0.15, 0.2) is 46.6 Å². The van der Waals surface area contributed by atoms with Crippen molar-refractivity contribution in [2.75, 3.05) is 6.54 Å². The molecule has 6 heteroatoms. The van der Waals surface area contributed by atoms with Gasteiger partial charge in [-0.15, -0.1) is 11.3 Å². The number of amides is 1. The van der Waals surface area contributed by atoms with E-state index in [1.807, 2.05) is 55.6 Å². The van der Waals surface area contributed by atoms with Crippen LogP contribution < -0.4 is 5.69 Å². The highest BCUT2D eigenvalue weighted by Gasteiger charge is 2.18. The van der Waals surface area contributed by atoms with Crippen LogP contribution in [-0.4, -0.2) is 26.5 Å². The Hall–Kier alpha value is -2.34. The Morgan fingerprint density at radius 3 is 2.38 bits per heavy atom. The molecule has 0 aliphatic rings. The second kappa shape index (κ2) is 7.05. The number of hydrogen-bond acceptors (Lipinski definition) is 3. The summed E-state index contributed by atoms with van der Waals surface area (Å²) in [4.78, 5) is 28.3. The molecule has 0 bridgehead atoms. The van der Waals surface area contributed by atoms with Crippen molar-refractivity contribution in [3.63, 3.8) is 0 Å². The van der Waals surface area contributed by atoms with Crippen molar-refractivity contribution >= 4 is 28.3 Å². The number of carbonyl (C=O) groups is 1. The molecule has 126 valence electrons. The van der Waals surface area contributed by atoms with Gasteiger partial charge < -0.3 is 4.90 Å². The number of likely N-dealkylation sites (N-methyl/N-ethyl adjacent to an activating group) is 1. The fraction of sp³-hybridized carbons (Fsp3) is 0.333. The van der Waals surface area contributed by atoms with Crippen LogP contribution in [0.1, 0.15) is 18.7 Å². The van der Waals surface area contributed by atoms with Crippen molar-refractivity contribution in [3.05, 3.63) is 57.1 Å². The first-order valence-electron chi connectivity index (χ1n) is 8.14. The van der Waals surface area contributed by atoms with E-state index < -0.39 is 0 Å². The van der Waals surface area contributed by atoms with Crippen LogP contribution in [-0.2, 0) is 24.4 Å². The van der Waals surface area contributed by atoms with Gasteiger partial charge in [-0.05, 0) is 37.4 Å². The van der Waals surface area contributed by atoms with Crippen molar-refractivity contribution in [1.29, 1.82) is 0 Å². The first-order chi connectivity index (χ1) is 11.7. The Morgan fingerprint density at radius 2 is 1.79 bits per heavy atom. The Labute approximate surface area is 144 Å². The number of aryl methyl sites for hydroxylation is 1. The molecule has 3 rings (SSSR count). The minimum absolute atomic E-state index is 0.0352. The number of thiophene rings is 1. The van der Waals surface area contributed by atoms with Gasteiger partial charge in [-0.25, -0.2) is 4.79 Å². The fourth-order valence-corrected chi connectivity index (χ4v) is 3.65. The number of nitrogens with zero attached hydrogens (tertiary/aromatic N) is 3. The Morgan fingerprint density at radius 1 is 1.08 bits per heavy atom. The van der Waals surface area contributed by atoms with E-state index in [1.165, 1.54) is 0 Å². The van der Waals surface area contributed by atoms with Gasteiger partial charge in [0.15, 0.2) is 0 Å². The van der Waals surface area contributed by atoms with Crippen molar-refractivity contribution in [2.45, 2.75) is 33.5 Å². The molecule has 1 amide bonds. The van der Waals surface area contributed by atoms with E-state index in [1.54, 1.807) is 25.4 Å².